The van der Waals surface area contributed by atoms with Crippen LogP contribution >= 0.6 is 0 Å². The normalized spacial score (nSPS) is 12.6. The molecule has 2 aromatic rings. The first-order chi connectivity index (χ1) is 11.7. The molecule has 0 bridgehead atoms. The van der Waals surface area contributed by atoms with Crippen LogP contribution in [0.25, 0.3) is 0 Å². The Balaban J connectivity index is 2.13. The Morgan fingerprint density at radius 1 is 1.00 bits per heavy atom. The van der Waals surface area contributed by atoms with Gasteiger partial charge in [0.05, 0.1) is 19.4 Å². The quantitative estimate of drug-likeness (QED) is 0.472. The van der Waals surface area contributed by atoms with E-state index in [-0.39, 0.29) is 5.04 Å². The third kappa shape index (κ3) is 5.28. The summed E-state index contributed by atoms with van der Waals surface area (Å²) in [5.41, 5.74) is 3.12. The van der Waals surface area contributed by atoms with E-state index in [9.17, 15) is 0 Å². The lowest BCUT2D eigenvalue weighted by molar-refractivity contribution is 0.277. The Morgan fingerprint density at radius 3 is 2.24 bits per heavy atom. The number of nitrogens with zero attached hydrogens (tertiary/aromatic N) is 1. The standard InChI is InChI=1S/C21H29NO2Si/c1-21(2,3)25(5,6)24-16-18-9-7-8-10-20(18)22-15-17-11-13-19(23-4)14-12-17/h7-15H,16H2,1-6H3. The van der Waals surface area contributed by atoms with Crippen LogP contribution < -0.4 is 4.74 Å². The van der Waals surface area contributed by atoms with Crippen molar-refractivity contribution >= 4 is 20.2 Å². The number of hydrogen-bond acceptors (Lipinski definition) is 3. The highest BCUT2D eigenvalue weighted by Crippen LogP contribution is 2.37. The summed E-state index contributed by atoms with van der Waals surface area (Å²) in [6.07, 6.45) is 1.88. The minimum atomic E-state index is -1.77. The van der Waals surface area contributed by atoms with Crippen LogP contribution in [0, 0.1) is 0 Å². The number of methoxy groups -OCH3 is 1. The summed E-state index contributed by atoms with van der Waals surface area (Å²) in [5.74, 6) is 0.848. The molecule has 3 nitrogen and oxygen atoms in total. The fourth-order valence-electron chi connectivity index (χ4n) is 2.07. The smallest absolute Gasteiger partial charge is 0.192 e. The van der Waals surface area contributed by atoms with Crippen LogP contribution in [0.2, 0.25) is 18.1 Å². The highest BCUT2D eigenvalue weighted by atomic mass is 28.4. The van der Waals surface area contributed by atoms with Gasteiger partial charge in [-0.2, -0.15) is 0 Å². The molecule has 0 saturated heterocycles. The predicted molar refractivity (Wildman–Crippen MR) is 109 cm³/mol. The lowest BCUT2D eigenvalue weighted by Crippen LogP contribution is -2.40. The molecule has 2 aromatic carbocycles. The minimum absolute atomic E-state index is 0.203. The predicted octanol–water partition coefficient (Wildman–Crippen LogP) is 5.97. The second-order valence-corrected chi connectivity index (χ2v) is 12.5. The van der Waals surface area contributed by atoms with Crippen molar-refractivity contribution in [3.8, 4) is 5.75 Å². The Hall–Kier alpha value is -1.91. The van der Waals surface area contributed by atoms with Crippen LogP contribution in [-0.2, 0) is 11.0 Å². The monoisotopic (exact) mass is 355 g/mol. The molecule has 25 heavy (non-hydrogen) atoms. The lowest BCUT2D eigenvalue weighted by atomic mass is 10.2. The molecule has 0 atom stereocenters. The molecule has 4 heteroatoms. The average molecular weight is 356 g/mol. The summed E-state index contributed by atoms with van der Waals surface area (Å²) in [6, 6.07) is 16.0. The third-order valence-corrected chi connectivity index (χ3v) is 9.33. The van der Waals surface area contributed by atoms with Gasteiger partial charge in [0, 0.05) is 11.8 Å². The van der Waals surface area contributed by atoms with Gasteiger partial charge in [0.25, 0.3) is 0 Å². The summed E-state index contributed by atoms with van der Waals surface area (Å²) in [7, 11) is -0.105. The van der Waals surface area contributed by atoms with Crippen molar-refractivity contribution in [2.75, 3.05) is 7.11 Å². The van der Waals surface area contributed by atoms with Crippen LogP contribution in [0.4, 0.5) is 5.69 Å². The van der Waals surface area contributed by atoms with Crippen molar-refractivity contribution in [1.29, 1.82) is 0 Å². The Labute approximate surface area is 152 Å². The molecule has 134 valence electrons. The largest absolute Gasteiger partial charge is 0.497 e. The van der Waals surface area contributed by atoms with Gasteiger partial charge in [-0.15, -0.1) is 0 Å². The number of para-hydroxylation sites is 1. The molecule has 0 heterocycles. The van der Waals surface area contributed by atoms with Crippen molar-refractivity contribution in [2.45, 2.75) is 45.5 Å². The van der Waals surface area contributed by atoms with Gasteiger partial charge in [0.1, 0.15) is 5.75 Å². The maximum atomic E-state index is 6.35. The summed E-state index contributed by atoms with van der Waals surface area (Å²) >= 11 is 0. The van der Waals surface area contributed by atoms with E-state index < -0.39 is 8.32 Å². The molecule has 0 aliphatic heterocycles. The van der Waals surface area contributed by atoms with Gasteiger partial charge in [-0.25, -0.2) is 0 Å². The SMILES string of the molecule is COc1ccc(C=Nc2ccccc2CO[Si](C)(C)C(C)(C)C)cc1. The van der Waals surface area contributed by atoms with Crippen LogP contribution in [0.3, 0.4) is 0 Å². The Bertz CT molecular complexity index is 715. The van der Waals surface area contributed by atoms with Crippen molar-refractivity contribution < 1.29 is 9.16 Å². The highest BCUT2D eigenvalue weighted by Gasteiger charge is 2.37. The molecule has 0 saturated carbocycles. The minimum Gasteiger partial charge on any atom is -0.497 e. The van der Waals surface area contributed by atoms with Gasteiger partial charge in [-0.05, 0) is 54.0 Å². The molecule has 0 amide bonds. The van der Waals surface area contributed by atoms with E-state index >= 15 is 0 Å². The Morgan fingerprint density at radius 2 is 1.64 bits per heavy atom. The summed E-state index contributed by atoms with van der Waals surface area (Å²) in [6.45, 7) is 11.9. The number of rotatable bonds is 6. The van der Waals surface area contributed by atoms with Crippen molar-refractivity contribution in [3.63, 3.8) is 0 Å². The summed E-state index contributed by atoms with van der Waals surface area (Å²) in [4.78, 5) is 4.66. The molecular formula is C21H29NO2Si. The van der Waals surface area contributed by atoms with E-state index in [1.807, 2.05) is 48.7 Å². The highest BCUT2D eigenvalue weighted by molar-refractivity contribution is 6.74. The molecule has 0 N–H and O–H groups in total. The maximum absolute atomic E-state index is 6.35. The molecule has 0 aromatic heterocycles. The molecule has 0 spiro atoms. The molecule has 0 fully saturated rings. The van der Waals surface area contributed by atoms with Crippen LogP contribution in [0.1, 0.15) is 31.9 Å². The molecule has 0 aliphatic carbocycles. The third-order valence-electron chi connectivity index (χ3n) is 4.85. The zero-order chi connectivity index (χ0) is 18.5. The topological polar surface area (TPSA) is 30.8 Å². The van der Waals surface area contributed by atoms with E-state index in [4.69, 9.17) is 9.16 Å². The van der Waals surface area contributed by atoms with Gasteiger partial charge in [-0.1, -0.05) is 39.0 Å². The number of benzene rings is 2. The molecule has 0 radical (unpaired) electrons. The van der Waals surface area contributed by atoms with Gasteiger partial charge >= 0.3 is 0 Å². The fraction of sp³-hybridized carbons (Fsp3) is 0.381. The van der Waals surface area contributed by atoms with Gasteiger partial charge < -0.3 is 9.16 Å². The zero-order valence-corrected chi connectivity index (χ0v) is 17.2. The number of ether oxygens (including phenoxy) is 1. The van der Waals surface area contributed by atoms with E-state index in [0.717, 1.165) is 22.6 Å². The van der Waals surface area contributed by atoms with Crippen molar-refractivity contribution in [1.82, 2.24) is 0 Å². The first-order valence-electron chi connectivity index (χ1n) is 8.63. The first-order valence-corrected chi connectivity index (χ1v) is 11.5. The average Bonchev–Trinajstić information content (AvgIpc) is 2.58. The molecule has 0 aliphatic rings. The van der Waals surface area contributed by atoms with Gasteiger partial charge in [0.15, 0.2) is 8.32 Å². The first kappa shape index (κ1) is 19.4. The van der Waals surface area contributed by atoms with E-state index in [1.165, 1.54) is 0 Å². The molecular weight excluding hydrogens is 326 g/mol. The van der Waals surface area contributed by atoms with Gasteiger partial charge in [0.2, 0.25) is 0 Å². The van der Waals surface area contributed by atoms with E-state index in [0.29, 0.717) is 6.61 Å². The van der Waals surface area contributed by atoms with E-state index in [1.54, 1.807) is 7.11 Å². The molecule has 0 unspecified atom stereocenters. The fourth-order valence-corrected chi connectivity index (χ4v) is 3.02. The van der Waals surface area contributed by atoms with Crippen molar-refractivity contribution in [3.05, 3.63) is 59.7 Å². The van der Waals surface area contributed by atoms with Crippen molar-refractivity contribution in [2.24, 2.45) is 4.99 Å². The molecule has 2 rings (SSSR count). The summed E-state index contributed by atoms with van der Waals surface area (Å²) in [5, 5.41) is 0.203. The lowest BCUT2D eigenvalue weighted by Gasteiger charge is -2.36. The second kappa shape index (κ2) is 7.98. The zero-order valence-electron chi connectivity index (χ0n) is 16.2. The number of hydrogen-bond donors (Lipinski definition) is 0. The van der Waals surface area contributed by atoms with Crippen LogP contribution in [-0.4, -0.2) is 21.6 Å². The maximum Gasteiger partial charge on any atom is 0.192 e. The second-order valence-electron chi connectivity index (χ2n) is 7.71. The Kier molecular flexibility index (Phi) is 6.19. The van der Waals surface area contributed by atoms with Gasteiger partial charge in [-0.3, -0.25) is 4.99 Å². The number of aliphatic imine (C=N–C) groups is 1. The van der Waals surface area contributed by atoms with Crippen LogP contribution in [0.15, 0.2) is 53.5 Å². The van der Waals surface area contributed by atoms with E-state index in [2.05, 4.69) is 44.9 Å². The van der Waals surface area contributed by atoms with Crippen LogP contribution in [0.5, 0.6) is 5.75 Å². The summed E-state index contributed by atoms with van der Waals surface area (Å²) < 4.78 is 11.5.